The standard InChI is InChI=1S/C51H86O17P2/c1-3-5-7-9-11-13-15-17-18-19-20-22-24-26-28-30-34-39-45(54)66-43(41-65-70(62,63)68-51-48(57)46(55)47(56)50(49(51)58)67-69(59,60)61)40-64-44(53)38-35-31-33-37-42(52)36-32-29-27-25-23-21-16-14-12-10-8-6-4-2/h6,8,12,14,17-18,21,23,27,29,31-33,36,42-43,46-52,55-58H,3-5,7,9-11,13,15-16,19-20,22,24-26,28,30,34-35,37-41H2,1-2H3,(H,62,63)(H2,59,60,61)/b8-6-,14-12-,18-17-,23-21-,29-27-,33-31-,36-32-/t42?,43-,46?,47?,48?,49?,50-,51+/m1/s1. The fourth-order valence-electron chi connectivity index (χ4n) is 7.13. The van der Waals surface area contributed by atoms with Crippen LogP contribution in [0, 0.1) is 0 Å². The van der Waals surface area contributed by atoms with Crippen LogP contribution in [0.4, 0.5) is 0 Å². The second kappa shape index (κ2) is 40.6. The summed E-state index contributed by atoms with van der Waals surface area (Å²) in [5.41, 5.74) is 0. The third-order valence-electron chi connectivity index (χ3n) is 11.0. The van der Waals surface area contributed by atoms with Crippen molar-refractivity contribution in [2.45, 2.75) is 210 Å². The van der Waals surface area contributed by atoms with Crippen molar-refractivity contribution in [1.82, 2.24) is 0 Å². The van der Waals surface area contributed by atoms with E-state index in [4.69, 9.17) is 18.5 Å². The molecule has 0 aromatic carbocycles. The summed E-state index contributed by atoms with van der Waals surface area (Å²) in [6.07, 6.45) is 32.7. The van der Waals surface area contributed by atoms with Gasteiger partial charge in [-0.2, -0.15) is 0 Å². The number of ether oxygens (including phenoxy) is 2. The normalized spacial score (nSPS) is 22.1. The molecule has 0 amide bonds. The molecule has 0 saturated heterocycles. The van der Waals surface area contributed by atoms with Crippen LogP contribution in [-0.4, -0.2) is 114 Å². The van der Waals surface area contributed by atoms with Crippen molar-refractivity contribution < 1.29 is 82.0 Å². The Bertz CT molecular complexity index is 1690. The fraction of sp³-hybridized carbons (Fsp3) is 0.686. The van der Waals surface area contributed by atoms with Crippen LogP contribution in [0.3, 0.4) is 0 Å². The van der Waals surface area contributed by atoms with E-state index in [0.717, 1.165) is 77.0 Å². The van der Waals surface area contributed by atoms with Crippen molar-refractivity contribution in [3.63, 3.8) is 0 Å². The molecule has 9 atom stereocenters. The molecule has 1 aliphatic carbocycles. The topological polar surface area (TPSA) is 276 Å². The second-order valence-electron chi connectivity index (χ2n) is 17.3. The molecule has 1 aliphatic rings. The first-order valence-corrected chi connectivity index (χ1v) is 28.3. The molecule has 19 heteroatoms. The van der Waals surface area contributed by atoms with Gasteiger partial charge in [-0.3, -0.25) is 23.2 Å². The molecule has 6 unspecified atom stereocenters. The van der Waals surface area contributed by atoms with Crippen LogP contribution in [0.15, 0.2) is 85.1 Å². The van der Waals surface area contributed by atoms with Crippen molar-refractivity contribution in [3.05, 3.63) is 85.1 Å². The number of unbranched alkanes of at least 4 members (excludes halogenated alkanes) is 13. The SMILES string of the molecule is CC/C=C\C/C=C\C/C=C\C/C=C\C=C/C(O)C/C=C\CCC(=O)OC[C@H](COP(=O)(O)O[C@H]1C(O)C(O)C(O)[C@@H](OP(=O)(O)O)C1O)OC(=O)CCCCCCCCC/C=C\CCCCCCCC. The van der Waals surface area contributed by atoms with Gasteiger partial charge >= 0.3 is 27.6 Å². The Morgan fingerprint density at radius 2 is 1.07 bits per heavy atom. The predicted octanol–water partition coefficient (Wildman–Crippen LogP) is 9.15. The van der Waals surface area contributed by atoms with Crippen LogP contribution in [0.1, 0.15) is 162 Å². The van der Waals surface area contributed by atoms with E-state index in [0.29, 0.717) is 12.8 Å². The molecule has 1 saturated carbocycles. The third kappa shape index (κ3) is 34.5. The summed E-state index contributed by atoms with van der Waals surface area (Å²) in [6, 6.07) is 0. The Hall–Kier alpha value is -2.86. The van der Waals surface area contributed by atoms with Crippen molar-refractivity contribution >= 4 is 27.6 Å². The molecule has 1 fully saturated rings. The van der Waals surface area contributed by atoms with E-state index in [9.17, 15) is 58.9 Å². The number of hydrogen-bond acceptors (Lipinski definition) is 14. The van der Waals surface area contributed by atoms with Gasteiger partial charge in [0, 0.05) is 12.8 Å². The number of aliphatic hydroxyl groups is 5. The first kappa shape index (κ1) is 65.2. The van der Waals surface area contributed by atoms with Crippen LogP contribution in [0.25, 0.3) is 0 Å². The Morgan fingerprint density at radius 1 is 0.543 bits per heavy atom. The minimum Gasteiger partial charge on any atom is -0.462 e. The van der Waals surface area contributed by atoms with Crippen LogP contribution in [0.2, 0.25) is 0 Å². The highest BCUT2D eigenvalue weighted by Crippen LogP contribution is 2.49. The van der Waals surface area contributed by atoms with Gasteiger partial charge in [0.25, 0.3) is 0 Å². The zero-order chi connectivity index (χ0) is 51.9. The summed E-state index contributed by atoms with van der Waals surface area (Å²) in [4.78, 5) is 54.4. The van der Waals surface area contributed by atoms with Gasteiger partial charge in [0.2, 0.25) is 0 Å². The molecule has 17 nitrogen and oxygen atoms in total. The number of allylic oxidation sites excluding steroid dienone is 12. The number of esters is 2. The Labute approximate surface area is 416 Å². The maximum atomic E-state index is 13.0. The molecule has 0 spiro atoms. The van der Waals surface area contributed by atoms with Gasteiger partial charge in [0.1, 0.15) is 43.2 Å². The van der Waals surface area contributed by atoms with Crippen LogP contribution < -0.4 is 0 Å². The molecule has 70 heavy (non-hydrogen) atoms. The quantitative estimate of drug-likeness (QED) is 0.00932. The molecule has 0 bridgehead atoms. The van der Waals surface area contributed by atoms with E-state index >= 15 is 0 Å². The molecule has 8 N–H and O–H groups in total. The third-order valence-corrected chi connectivity index (χ3v) is 12.6. The number of hydrogen-bond donors (Lipinski definition) is 8. The number of carbonyl (C=O) groups excluding carboxylic acids is 2. The first-order chi connectivity index (χ1) is 33.5. The Morgan fingerprint density at radius 3 is 1.66 bits per heavy atom. The monoisotopic (exact) mass is 1030 g/mol. The average Bonchev–Trinajstić information content (AvgIpc) is 3.31. The number of carbonyl (C=O) groups is 2. The number of phosphoric ester groups is 2. The van der Waals surface area contributed by atoms with E-state index in [2.05, 4.69) is 67.0 Å². The van der Waals surface area contributed by atoms with Crippen molar-refractivity contribution in [2.24, 2.45) is 0 Å². The van der Waals surface area contributed by atoms with E-state index in [1.807, 2.05) is 12.2 Å². The lowest BCUT2D eigenvalue weighted by Crippen LogP contribution is -2.64. The lowest BCUT2D eigenvalue weighted by molar-refractivity contribution is -0.216. The lowest BCUT2D eigenvalue weighted by atomic mass is 9.85. The zero-order valence-corrected chi connectivity index (χ0v) is 43.3. The summed E-state index contributed by atoms with van der Waals surface area (Å²) < 4.78 is 49.3. The average molecular weight is 1030 g/mol. The molecule has 0 aliphatic heterocycles. The summed E-state index contributed by atoms with van der Waals surface area (Å²) in [7, 11) is -10.7. The largest absolute Gasteiger partial charge is 0.472 e. The van der Waals surface area contributed by atoms with Crippen molar-refractivity contribution in [2.75, 3.05) is 13.2 Å². The number of aliphatic hydroxyl groups excluding tert-OH is 5. The maximum Gasteiger partial charge on any atom is 0.472 e. The summed E-state index contributed by atoms with van der Waals surface area (Å²) >= 11 is 0. The maximum absolute atomic E-state index is 13.0. The first-order valence-electron chi connectivity index (χ1n) is 25.2. The lowest BCUT2D eigenvalue weighted by Gasteiger charge is -2.43. The minimum atomic E-state index is -5.39. The highest BCUT2D eigenvalue weighted by molar-refractivity contribution is 7.47. The van der Waals surface area contributed by atoms with E-state index in [1.54, 1.807) is 24.3 Å². The Balaban J connectivity index is 2.65. The molecule has 402 valence electrons. The van der Waals surface area contributed by atoms with Crippen molar-refractivity contribution in [1.29, 1.82) is 0 Å². The van der Waals surface area contributed by atoms with Crippen LogP contribution in [0.5, 0.6) is 0 Å². The molecular formula is C51H86O17P2. The Kier molecular flexibility index (Phi) is 37.8. The van der Waals surface area contributed by atoms with Gasteiger partial charge in [-0.25, -0.2) is 9.13 Å². The molecule has 0 aromatic rings. The molecule has 0 radical (unpaired) electrons. The zero-order valence-electron chi connectivity index (χ0n) is 41.5. The van der Waals surface area contributed by atoms with Gasteiger partial charge in [-0.05, 0) is 70.6 Å². The number of rotatable bonds is 41. The van der Waals surface area contributed by atoms with E-state index in [1.165, 1.54) is 38.5 Å². The van der Waals surface area contributed by atoms with Crippen LogP contribution >= 0.6 is 15.6 Å². The predicted molar refractivity (Wildman–Crippen MR) is 270 cm³/mol. The molecule has 0 heterocycles. The minimum absolute atomic E-state index is 0.00194. The summed E-state index contributed by atoms with van der Waals surface area (Å²) in [6.45, 7) is 2.84. The molecule has 0 aromatic heterocycles. The van der Waals surface area contributed by atoms with Gasteiger partial charge in [-0.15, -0.1) is 0 Å². The van der Waals surface area contributed by atoms with Gasteiger partial charge in [-0.1, -0.05) is 163 Å². The highest BCUT2D eigenvalue weighted by atomic mass is 31.2. The fourth-order valence-corrected chi connectivity index (χ4v) is 8.67. The van der Waals surface area contributed by atoms with Gasteiger partial charge in [0.05, 0.1) is 12.7 Å². The van der Waals surface area contributed by atoms with Crippen LogP contribution in [-0.2, 0) is 41.8 Å². The van der Waals surface area contributed by atoms with E-state index < -0.39 is 89.6 Å². The van der Waals surface area contributed by atoms with Gasteiger partial charge in [0.15, 0.2) is 6.10 Å². The second-order valence-corrected chi connectivity index (χ2v) is 19.9. The van der Waals surface area contributed by atoms with E-state index in [-0.39, 0.29) is 19.3 Å². The summed E-state index contributed by atoms with van der Waals surface area (Å²) in [5.74, 6) is -1.40. The highest BCUT2D eigenvalue weighted by Gasteiger charge is 2.54. The van der Waals surface area contributed by atoms with Gasteiger partial charge < -0.3 is 49.7 Å². The van der Waals surface area contributed by atoms with Crippen molar-refractivity contribution in [3.8, 4) is 0 Å². The molecular weight excluding hydrogens is 946 g/mol. The number of phosphoric acid groups is 2. The summed E-state index contributed by atoms with van der Waals surface area (Å²) in [5, 5.41) is 51.5. The smallest absolute Gasteiger partial charge is 0.462 e. The molecule has 1 rings (SSSR count).